The van der Waals surface area contributed by atoms with Crippen molar-refractivity contribution in [2.75, 3.05) is 31.1 Å². The van der Waals surface area contributed by atoms with E-state index in [1.807, 2.05) is 12.1 Å². The van der Waals surface area contributed by atoms with Gasteiger partial charge in [-0.15, -0.1) is 0 Å². The first-order valence-electron chi connectivity index (χ1n) is 14.2. The van der Waals surface area contributed by atoms with Crippen LogP contribution in [0.25, 0.3) is 10.9 Å². The molecule has 3 aromatic carbocycles. The number of phenols is 1. The predicted molar refractivity (Wildman–Crippen MR) is 155 cm³/mol. The first-order valence-corrected chi connectivity index (χ1v) is 14.2. The topological polar surface area (TPSA) is 51.7 Å². The number of piperidine rings is 1. The van der Waals surface area contributed by atoms with E-state index in [-0.39, 0.29) is 6.04 Å². The van der Waals surface area contributed by atoms with Crippen molar-refractivity contribution in [1.82, 2.24) is 9.88 Å². The second-order valence-electron chi connectivity index (χ2n) is 11.0. The number of fused-ring (bicyclic) bond motifs is 3. The Morgan fingerprint density at radius 1 is 0.947 bits per heavy atom. The van der Waals surface area contributed by atoms with Gasteiger partial charge >= 0.3 is 0 Å². The van der Waals surface area contributed by atoms with Gasteiger partial charge in [0.05, 0.1) is 6.04 Å². The molecule has 0 spiro atoms. The van der Waals surface area contributed by atoms with Crippen molar-refractivity contribution in [3.63, 3.8) is 0 Å². The number of anilines is 1. The molecule has 0 bridgehead atoms. The SMILES string of the molecule is CCCCN1CCC(Oc2ccc(C3c4[nH]c5ccc(O)cc5c4CCN3c3ccc(C)cc3)cc2)CC1. The standard InChI is InChI=1S/C33H39N3O2/c1-3-4-18-35-19-15-28(16-20-35)38-27-12-7-24(8-13-27)33-32-29(30-22-26(37)11-14-31(30)34-32)17-21-36(33)25-9-5-23(2)6-10-25/h5-14,22,28,33-34,37H,3-4,15-21H2,1-2H3. The number of aromatic amines is 1. The fraction of sp³-hybridized carbons (Fsp3) is 0.394. The molecule has 0 aliphatic carbocycles. The number of likely N-dealkylation sites (tertiary alicyclic amines) is 1. The summed E-state index contributed by atoms with van der Waals surface area (Å²) in [6.07, 6.45) is 5.97. The summed E-state index contributed by atoms with van der Waals surface area (Å²) >= 11 is 0. The third-order valence-corrected chi connectivity index (χ3v) is 8.34. The van der Waals surface area contributed by atoms with Gasteiger partial charge in [0.15, 0.2) is 0 Å². The highest BCUT2D eigenvalue weighted by atomic mass is 16.5. The Hall–Kier alpha value is -3.44. The highest BCUT2D eigenvalue weighted by molar-refractivity contribution is 5.87. The first-order chi connectivity index (χ1) is 18.6. The second kappa shape index (κ2) is 10.7. The van der Waals surface area contributed by atoms with E-state index in [9.17, 15) is 5.11 Å². The third kappa shape index (κ3) is 5.00. The number of benzene rings is 3. The molecular weight excluding hydrogens is 470 g/mol. The minimum atomic E-state index is 0.0619. The molecule has 1 aromatic heterocycles. The second-order valence-corrected chi connectivity index (χ2v) is 11.0. The van der Waals surface area contributed by atoms with E-state index in [0.29, 0.717) is 11.9 Å². The van der Waals surface area contributed by atoms with Crippen LogP contribution in [0.3, 0.4) is 0 Å². The van der Waals surface area contributed by atoms with Gasteiger partial charge in [0, 0.05) is 41.9 Å². The van der Waals surface area contributed by atoms with E-state index in [1.165, 1.54) is 47.5 Å². The fourth-order valence-corrected chi connectivity index (χ4v) is 6.19. The summed E-state index contributed by atoms with van der Waals surface area (Å²) in [6.45, 7) is 8.79. The molecule has 0 amide bonds. The van der Waals surface area contributed by atoms with Crippen molar-refractivity contribution >= 4 is 16.6 Å². The number of aromatic nitrogens is 1. The Bertz CT molecular complexity index is 1370. The van der Waals surface area contributed by atoms with Crippen LogP contribution in [-0.2, 0) is 6.42 Å². The number of hydrogen-bond donors (Lipinski definition) is 2. The average Bonchev–Trinajstić information content (AvgIpc) is 3.31. The number of H-pyrrole nitrogens is 1. The zero-order chi connectivity index (χ0) is 26.1. The summed E-state index contributed by atoms with van der Waals surface area (Å²) < 4.78 is 6.43. The van der Waals surface area contributed by atoms with Crippen LogP contribution in [0.4, 0.5) is 5.69 Å². The number of ether oxygens (including phenoxy) is 1. The van der Waals surface area contributed by atoms with Crippen LogP contribution in [0.15, 0.2) is 66.7 Å². The smallest absolute Gasteiger partial charge is 0.119 e. The summed E-state index contributed by atoms with van der Waals surface area (Å²) in [6, 6.07) is 23.3. The summed E-state index contributed by atoms with van der Waals surface area (Å²) in [5.74, 6) is 1.27. The van der Waals surface area contributed by atoms with Crippen molar-refractivity contribution in [3.05, 3.63) is 89.1 Å². The van der Waals surface area contributed by atoms with Gasteiger partial charge in [-0.25, -0.2) is 0 Å². The van der Waals surface area contributed by atoms with E-state index < -0.39 is 0 Å². The summed E-state index contributed by atoms with van der Waals surface area (Å²) in [5.41, 5.74) is 7.33. The quantitative estimate of drug-likeness (QED) is 0.282. The van der Waals surface area contributed by atoms with Crippen LogP contribution in [0, 0.1) is 6.92 Å². The highest BCUT2D eigenvalue weighted by Crippen LogP contribution is 2.41. The molecule has 1 unspecified atom stereocenters. The Morgan fingerprint density at radius 3 is 2.45 bits per heavy atom. The zero-order valence-electron chi connectivity index (χ0n) is 22.6. The largest absolute Gasteiger partial charge is 0.508 e. The minimum Gasteiger partial charge on any atom is -0.508 e. The van der Waals surface area contributed by atoms with E-state index in [1.54, 1.807) is 6.07 Å². The van der Waals surface area contributed by atoms with Crippen LogP contribution in [0.2, 0.25) is 0 Å². The maximum absolute atomic E-state index is 10.2. The number of rotatable bonds is 7. The summed E-state index contributed by atoms with van der Waals surface area (Å²) in [4.78, 5) is 8.79. The Balaban J connectivity index is 1.27. The van der Waals surface area contributed by atoms with Gasteiger partial charge in [0.2, 0.25) is 0 Å². The van der Waals surface area contributed by atoms with E-state index in [2.05, 4.69) is 77.2 Å². The fourth-order valence-electron chi connectivity index (χ4n) is 6.19. The van der Waals surface area contributed by atoms with Gasteiger partial charge in [0.1, 0.15) is 17.6 Å². The zero-order valence-corrected chi connectivity index (χ0v) is 22.6. The Kier molecular flexibility index (Phi) is 7.03. The molecule has 3 heterocycles. The van der Waals surface area contributed by atoms with Crippen molar-refractivity contribution < 1.29 is 9.84 Å². The molecule has 198 valence electrons. The molecule has 4 aromatic rings. The van der Waals surface area contributed by atoms with Crippen molar-refractivity contribution in [2.45, 2.75) is 58.1 Å². The highest BCUT2D eigenvalue weighted by Gasteiger charge is 2.32. The summed E-state index contributed by atoms with van der Waals surface area (Å²) in [7, 11) is 0. The van der Waals surface area contributed by atoms with E-state index in [0.717, 1.165) is 55.5 Å². The molecule has 2 aliphatic heterocycles. The van der Waals surface area contributed by atoms with Gasteiger partial charge in [-0.2, -0.15) is 0 Å². The maximum atomic E-state index is 10.2. The third-order valence-electron chi connectivity index (χ3n) is 8.34. The molecule has 1 fully saturated rings. The van der Waals surface area contributed by atoms with Crippen LogP contribution >= 0.6 is 0 Å². The molecule has 1 atom stereocenters. The molecule has 0 saturated carbocycles. The van der Waals surface area contributed by atoms with Crippen LogP contribution in [0.1, 0.15) is 61.0 Å². The molecule has 2 N–H and O–H groups in total. The van der Waals surface area contributed by atoms with E-state index >= 15 is 0 Å². The lowest BCUT2D eigenvalue weighted by atomic mass is 9.91. The number of unbranched alkanes of at least 4 members (excludes halogenated alkanes) is 1. The average molecular weight is 510 g/mol. The molecular formula is C33H39N3O2. The van der Waals surface area contributed by atoms with Gasteiger partial charge in [-0.05, 0) is 92.7 Å². The molecule has 0 radical (unpaired) electrons. The van der Waals surface area contributed by atoms with Crippen LogP contribution < -0.4 is 9.64 Å². The molecule has 1 saturated heterocycles. The molecule has 38 heavy (non-hydrogen) atoms. The van der Waals surface area contributed by atoms with Gasteiger partial charge in [0.25, 0.3) is 0 Å². The lowest BCUT2D eigenvalue weighted by molar-refractivity contribution is 0.0998. The summed E-state index contributed by atoms with van der Waals surface area (Å²) in [5, 5.41) is 11.3. The van der Waals surface area contributed by atoms with Gasteiger partial charge in [-0.3, -0.25) is 0 Å². The van der Waals surface area contributed by atoms with Crippen LogP contribution in [0.5, 0.6) is 11.5 Å². The molecule has 5 nitrogen and oxygen atoms in total. The first kappa shape index (κ1) is 24.9. The normalized spacial score (nSPS) is 18.6. The maximum Gasteiger partial charge on any atom is 0.119 e. The number of aromatic hydroxyl groups is 1. The Morgan fingerprint density at radius 2 is 1.71 bits per heavy atom. The minimum absolute atomic E-state index is 0.0619. The van der Waals surface area contributed by atoms with Crippen molar-refractivity contribution in [1.29, 1.82) is 0 Å². The Labute approximate surface area is 226 Å². The van der Waals surface area contributed by atoms with E-state index in [4.69, 9.17) is 4.74 Å². The van der Waals surface area contributed by atoms with Crippen LogP contribution in [-0.4, -0.2) is 47.3 Å². The van der Waals surface area contributed by atoms with Crippen molar-refractivity contribution in [2.24, 2.45) is 0 Å². The lowest BCUT2D eigenvalue weighted by Gasteiger charge is -2.38. The monoisotopic (exact) mass is 509 g/mol. The van der Waals surface area contributed by atoms with Gasteiger partial charge < -0.3 is 24.6 Å². The molecule has 5 heteroatoms. The molecule has 2 aliphatic rings. The predicted octanol–water partition coefficient (Wildman–Crippen LogP) is 6.98. The number of hydrogen-bond acceptors (Lipinski definition) is 4. The number of phenolic OH excluding ortho intramolecular Hbond substituents is 1. The number of aryl methyl sites for hydroxylation is 1. The number of nitrogens with zero attached hydrogens (tertiary/aromatic N) is 2. The molecule has 6 rings (SSSR count). The lowest BCUT2D eigenvalue weighted by Crippen LogP contribution is -2.38. The van der Waals surface area contributed by atoms with Crippen molar-refractivity contribution in [3.8, 4) is 11.5 Å². The van der Waals surface area contributed by atoms with Gasteiger partial charge in [-0.1, -0.05) is 43.2 Å². The number of nitrogens with one attached hydrogen (secondary N) is 1.